The maximum Gasteiger partial charge on any atom is 0.259 e. The van der Waals surface area contributed by atoms with Crippen LogP contribution in [0.5, 0.6) is 0 Å². The van der Waals surface area contributed by atoms with Crippen LogP contribution in [0, 0.1) is 13.8 Å². The van der Waals surface area contributed by atoms with Gasteiger partial charge in [0.25, 0.3) is 5.91 Å². The highest BCUT2D eigenvalue weighted by Crippen LogP contribution is 2.25. The Morgan fingerprint density at radius 2 is 1.59 bits per heavy atom. The van der Waals surface area contributed by atoms with E-state index in [1.165, 1.54) is 5.56 Å². The third-order valence-corrected chi connectivity index (χ3v) is 4.65. The second kappa shape index (κ2) is 8.25. The highest BCUT2D eigenvalue weighted by molar-refractivity contribution is 5.98. The number of aromatic nitrogens is 3. The lowest BCUT2D eigenvalue weighted by molar-refractivity contribution is 0.0755. The molecule has 5 heteroatoms. The first-order valence-electron chi connectivity index (χ1n) is 9.66. The predicted octanol–water partition coefficient (Wildman–Crippen LogP) is 4.54. The average molecular weight is 364 g/mol. The summed E-state index contributed by atoms with van der Waals surface area (Å²) in [6.45, 7) is 9.70. The minimum absolute atomic E-state index is 0.0539. The zero-order valence-electron chi connectivity index (χ0n) is 16.6. The van der Waals surface area contributed by atoms with Gasteiger partial charge in [0.1, 0.15) is 5.56 Å². The molecule has 3 rings (SSSR count). The fourth-order valence-corrected chi connectivity index (χ4v) is 3.36. The normalized spacial score (nSPS) is 11.0. The Morgan fingerprint density at radius 1 is 1.00 bits per heavy atom. The number of carbonyl (C=O) groups is 1. The molecule has 0 saturated carbocycles. The van der Waals surface area contributed by atoms with E-state index < -0.39 is 0 Å². The molecule has 0 fully saturated rings. The van der Waals surface area contributed by atoms with Gasteiger partial charge in [0.15, 0.2) is 5.82 Å². The number of benzene rings is 1. The first kappa shape index (κ1) is 19.0. The molecule has 27 heavy (non-hydrogen) atoms. The van der Waals surface area contributed by atoms with Crippen molar-refractivity contribution < 1.29 is 4.79 Å². The number of hydrogen-bond acceptors (Lipinski definition) is 2. The van der Waals surface area contributed by atoms with E-state index in [-0.39, 0.29) is 5.91 Å². The highest BCUT2D eigenvalue weighted by atomic mass is 16.2. The van der Waals surface area contributed by atoms with Gasteiger partial charge in [-0.2, -0.15) is 5.10 Å². The van der Waals surface area contributed by atoms with Gasteiger partial charge in [0.2, 0.25) is 0 Å². The molecule has 2 aromatic heterocycles. The molecule has 0 spiro atoms. The standard InChI is InChI=1S/C22H28N4O/c1-5-13-25(14-6-2)22(27)20-18(4)23-26(19-11-9-17(3)10-12-19)21(20)24-15-7-8-16-24/h7-12,15-16H,5-6,13-14H2,1-4H3. The van der Waals surface area contributed by atoms with Gasteiger partial charge in [-0.3, -0.25) is 4.79 Å². The van der Waals surface area contributed by atoms with Crippen LogP contribution in [0.1, 0.15) is 48.3 Å². The lowest BCUT2D eigenvalue weighted by atomic mass is 10.2. The van der Waals surface area contributed by atoms with Crippen LogP contribution in [0.25, 0.3) is 11.5 Å². The summed E-state index contributed by atoms with van der Waals surface area (Å²) < 4.78 is 3.85. The number of amides is 1. The zero-order valence-corrected chi connectivity index (χ0v) is 16.6. The van der Waals surface area contributed by atoms with E-state index in [2.05, 4.69) is 32.9 Å². The molecule has 5 nitrogen and oxygen atoms in total. The quantitative estimate of drug-likeness (QED) is 0.618. The Labute approximate surface area is 161 Å². The lowest BCUT2D eigenvalue weighted by Gasteiger charge is -2.22. The molecule has 2 heterocycles. The van der Waals surface area contributed by atoms with Crippen LogP contribution in [0.15, 0.2) is 48.8 Å². The van der Waals surface area contributed by atoms with Gasteiger partial charge < -0.3 is 9.47 Å². The SMILES string of the molecule is CCCN(CCC)C(=O)c1c(C)nn(-c2ccc(C)cc2)c1-n1cccc1. The minimum Gasteiger partial charge on any atom is -0.338 e. The predicted molar refractivity (Wildman–Crippen MR) is 109 cm³/mol. The smallest absolute Gasteiger partial charge is 0.259 e. The van der Waals surface area contributed by atoms with Crippen LogP contribution >= 0.6 is 0 Å². The van der Waals surface area contributed by atoms with Crippen LogP contribution in [-0.2, 0) is 0 Å². The molecule has 0 aliphatic rings. The van der Waals surface area contributed by atoms with Crippen molar-refractivity contribution in [2.75, 3.05) is 13.1 Å². The molecule has 1 amide bonds. The molecule has 0 bridgehead atoms. The van der Waals surface area contributed by atoms with Crippen LogP contribution in [0.4, 0.5) is 0 Å². The molecule has 0 N–H and O–H groups in total. The van der Waals surface area contributed by atoms with Gasteiger partial charge >= 0.3 is 0 Å². The van der Waals surface area contributed by atoms with E-state index in [1.807, 2.05) is 57.7 Å². The van der Waals surface area contributed by atoms with Crippen molar-refractivity contribution in [3.05, 3.63) is 65.6 Å². The molecular formula is C22H28N4O. The number of nitrogens with zero attached hydrogens (tertiary/aromatic N) is 4. The Kier molecular flexibility index (Phi) is 5.79. The molecular weight excluding hydrogens is 336 g/mol. The van der Waals surface area contributed by atoms with Gasteiger partial charge in [0.05, 0.1) is 11.4 Å². The third kappa shape index (κ3) is 3.82. The Balaban J connectivity index is 2.16. The fraction of sp³-hybridized carbons (Fsp3) is 0.364. The van der Waals surface area contributed by atoms with Crippen LogP contribution in [0.3, 0.4) is 0 Å². The van der Waals surface area contributed by atoms with Gasteiger partial charge in [0, 0.05) is 25.5 Å². The number of hydrogen-bond donors (Lipinski definition) is 0. The van der Waals surface area contributed by atoms with E-state index in [1.54, 1.807) is 0 Å². The maximum absolute atomic E-state index is 13.4. The van der Waals surface area contributed by atoms with Crippen molar-refractivity contribution in [1.82, 2.24) is 19.2 Å². The summed E-state index contributed by atoms with van der Waals surface area (Å²) in [6, 6.07) is 12.1. The van der Waals surface area contributed by atoms with E-state index in [0.717, 1.165) is 43.1 Å². The van der Waals surface area contributed by atoms with Crippen molar-refractivity contribution in [3.63, 3.8) is 0 Å². The molecule has 0 saturated heterocycles. The van der Waals surface area contributed by atoms with E-state index in [4.69, 9.17) is 5.10 Å². The second-order valence-corrected chi connectivity index (χ2v) is 6.91. The van der Waals surface area contributed by atoms with Crippen LogP contribution < -0.4 is 0 Å². The molecule has 3 aromatic rings. The fourth-order valence-electron chi connectivity index (χ4n) is 3.36. The first-order valence-corrected chi connectivity index (χ1v) is 9.66. The maximum atomic E-state index is 13.4. The largest absolute Gasteiger partial charge is 0.338 e. The van der Waals surface area contributed by atoms with Gasteiger partial charge in [-0.05, 0) is 51.0 Å². The Bertz CT molecular complexity index is 885. The van der Waals surface area contributed by atoms with Crippen LogP contribution in [0.2, 0.25) is 0 Å². The van der Waals surface area contributed by atoms with Gasteiger partial charge in [-0.25, -0.2) is 4.68 Å². The molecule has 0 aliphatic carbocycles. The molecule has 0 unspecified atom stereocenters. The highest BCUT2D eigenvalue weighted by Gasteiger charge is 2.26. The molecule has 142 valence electrons. The van der Waals surface area contributed by atoms with Crippen molar-refractivity contribution >= 4 is 5.91 Å². The minimum atomic E-state index is 0.0539. The first-order chi connectivity index (χ1) is 13.1. The lowest BCUT2D eigenvalue weighted by Crippen LogP contribution is -2.33. The summed E-state index contributed by atoms with van der Waals surface area (Å²) in [5, 5.41) is 4.74. The van der Waals surface area contributed by atoms with Gasteiger partial charge in [-0.1, -0.05) is 31.5 Å². The Hall–Kier alpha value is -2.82. The number of rotatable bonds is 7. The summed E-state index contributed by atoms with van der Waals surface area (Å²) in [4.78, 5) is 15.4. The summed E-state index contributed by atoms with van der Waals surface area (Å²) in [5.41, 5.74) is 3.57. The average Bonchev–Trinajstić information content (AvgIpc) is 3.29. The molecule has 1 aromatic carbocycles. The van der Waals surface area contributed by atoms with Crippen molar-refractivity contribution in [1.29, 1.82) is 0 Å². The van der Waals surface area contributed by atoms with Crippen molar-refractivity contribution in [2.45, 2.75) is 40.5 Å². The summed E-state index contributed by atoms with van der Waals surface area (Å²) in [7, 11) is 0. The second-order valence-electron chi connectivity index (χ2n) is 6.91. The van der Waals surface area contributed by atoms with E-state index >= 15 is 0 Å². The van der Waals surface area contributed by atoms with Gasteiger partial charge in [-0.15, -0.1) is 0 Å². The monoisotopic (exact) mass is 364 g/mol. The van der Waals surface area contributed by atoms with Crippen molar-refractivity contribution in [3.8, 4) is 11.5 Å². The number of aryl methyl sites for hydroxylation is 2. The molecule has 0 aliphatic heterocycles. The molecule has 0 atom stereocenters. The molecule has 0 radical (unpaired) electrons. The van der Waals surface area contributed by atoms with Crippen LogP contribution in [-0.4, -0.2) is 38.2 Å². The van der Waals surface area contributed by atoms with E-state index in [9.17, 15) is 4.79 Å². The third-order valence-electron chi connectivity index (χ3n) is 4.65. The van der Waals surface area contributed by atoms with Crippen molar-refractivity contribution in [2.24, 2.45) is 0 Å². The summed E-state index contributed by atoms with van der Waals surface area (Å²) in [5.74, 6) is 0.849. The Morgan fingerprint density at radius 3 is 2.15 bits per heavy atom. The summed E-state index contributed by atoms with van der Waals surface area (Å²) in [6.07, 6.45) is 5.80. The topological polar surface area (TPSA) is 43.1 Å². The summed E-state index contributed by atoms with van der Waals surface area (Å²) >= 11 is 0. The zero-order chi connectivity index (χ0) is 19.4. The van der Waals surface area contributed by atoms with E-state index in [0.29, 0.717) is 5.56 Å². The number of carbonyl (C=O) groups excluding carboxylic acids is 1.